The molecule has 7 nitrogen and oxygen atoms in total. The van der Waals surface area contributed by atoms with E-state index in [1.807, 2.05) is 67.3 Å². The minimum atomic E-state index is -0.0718. The van der Waals surface area contributed by atoms with E-state index in [1.54, 1.807) is 7.11 Å². The van der Waals surface area contributed by atoms with Gasteiger partial charge in [0.25, 0.3) is 0 Å². The monoisotopic (exact) mass is 424 g/mol. The van der Waals surface area contributed by atoms with Crippen molar-refractivity contribution in [3.05, 3.63) is 54.1 Å². The molecule has 1 heterocycles. The molecule has 1 amide bonds. The highest BCUT2D eigenvalue weighted by Gasteiger charge is 2.21. The van der Waals surface area contributed by atoms with Crippen molar-refractivity contribution < 1.29 is 14.3 Å². The van der Waals surface area contributed by atoms with Crippen LogP contribution in [0.1, 0.15) is 32.3 Å². The van der Waals surface area contributed by atoms with Gasteiger partial charge in [0.05, 0.1) is 20.2 Å². The summed E-state index contributed by atoms with van der Waals surface area (Å²) in [6, 6.07) is 15.7. The number of benzene rings is 2. The average molecular weight is 425 g/mol. The van der Waals surface area contributed by atoms with Gasteiger partial charge in [-0.2, -0.15) is 0 Å². The maximum Gasteiger partial charge on any atom is 0.227 e. The van der Waals surface area contributed by atoms with Gasteiger partial charge < -0.3 is 25.0 Å². The molecule has 0 spiro atoms. The number of carbonyl (C=O) groups is 1. The van der Waals surface area contributed by atoms with Gasteiger partial charge in [-0.3, -0.25) is 4.79 Å². The molecule has 3 rings (SSSR count). The molecular weight excluding hydrogens is 392 g/mol. The average Bonchev–Trinajstić information content (AvgIpc) is 3.22. The molecule has 0 saturated carbocycles. The van der Waals surface area contributed by atoms with E-state index in [9.17, 15) is 4.79 Å². The third-order valence-electron chi connectivity index (χ3n) is 5.04. The van der Waals surface area contributed by atoms with Crippen molar-refractivity contribution in [3.8, 4) is 11.5 Å². The van der Waals surface area contributed by atoms with Crippen molar-refractivity contribution in [2.45, 2.75) is 39.3 Å². The number of amides is 1. The Morgan fingerprint density at radius 1 is 1.13 bits per heavy atom. The summed E-state index contributed by atoms with van der Waals surface area (Å²) in [7, 11) is 1.64. The van der Waals surface area contributed by atoms with Gasteiger partial charge in [0.15, 0.2) is 17.5 Å². The maximum absolute atomic E-state index is 11.9. The molecule has 7 heteroatoms. The summed E-state index contributed by atoms with van der Waals surface area (Å²) in [5.74, 6) is 2.37. The van der Waals surface area contributed by atoms with E-state index in [-0.39, 0.29) is 12.0 Å². The maximum atomic E-state index is 11.9. The predicted octanol–water partition coefficient (Wildman–Crippen LogP) is 3.34. The van der Waals surface area contributed by atoms with Crippen LogP contribution in [-0.2, 0) is 11.3 Å². The first-order valence-corrected chi connectivity index (χ1v) is 10.8. The van der Waals surface area contributed by atoms with Gasteiger partial charge in [0.2, 0.25) is 5.91 Å². The number of guanidine groups is 1. The Labute approximate surface area is 184 Å². The number of carbonyl (C=O) groups excluding carboxylic acids is 1. The van der Waals surface area contributed by atoms with E-state index in [2.05, 4.69) is 15.6 Å². The number of hydrogen-bond acceptors (Lipinski definition) is 4. The van der Waals surface area contributed by atoms with Gasteiger partial charge in [-0.1, -0.05) is 24.3 Å². The fourth-order valence-corrected chi connectivity index (χ4v) is 3.43. The van der Waals surface area contributed by atoms with Crippen LogP contribution in [0.2, 0.25) is 0 Å². The second kappa shape index (κ2) is 11.2. The highest BCUT2D eigenvalue weighted by Crippen LogP contribution is 2.26. The lowest BCUT2D eigenvalue weighted by atomic mass is 10.2. The number of aliphatic imine (C=N–C) groups is 1. The minimum absolute atomic E-state index is 0.0718. The summed E-state index contributed by atoms with van der Waals surface area (Å²) < 4.78 is 11.3. The number of hydrogen-bond donors (Lipinski definition) is 2. The molecule has 1 aliphatic rings. The van der Waals surface area contributed by atoms with Crippen LogP contribution in [0, 0.1) is 0 Å². The molecule has 0 bridgehead atoms. The molecule has 2 aromatic carbocycles. The van der Waals surface area contributed by atoms with Crippen molar-refractivity contribution in [1.29, 1.82) is 0 Å². The van der Waals surface area contributed by atoms with E-state index in [4.69, 9.17) is 9.47 Å². The SMILES string of the molecule is CCNC(=NCc1ccc(N2CCCC2=O)cc1)NCC(C)Oc1ccccc1OC. The normalized spacial score (nSPS) is 15.0. The van der Waals surface area contributed by atoms with Crippen LogP contribution in [-0.4, -0.2) is 44.7 Å². The Morgan fingerprint density at radius 2 is 1.87 bits per heavy atom. The zero-order valence-corrected chi connectivity index (χ0v) is 18.6. The molecular formula is C24H32N4O3. The van der Waals surface area contributed by atoms with Crippen LogP contribution in [0.3, 0.4) is 0 Å². The topological polar surface area (TPSA) is 75.2 Å². The quantitative estimate of drug-likeness (QED) is 0.477. The van der Waals surface area contributed by atoms with Crippen LogP contribution in [0.25, 0.3) is 0 Å². The van der Waals surface area contributed by atoms with Crippen LogP contribution >= 0.6 is 0 Å². The molecule has 1 saturated heterocycles. The van der Waals surface area contributed by atoms with E-state index in [0.29, 0.717) is 25.3 Å². The fourth-order valence-electron chi connectivity index (χ4n) is 3.43. The van der Waals surface area contributed by atoms with Crippen LogP contribution in [0.5, 0.6) is 11.5 Å². The van der Waals surface area contributed by atoms with Gasteiger partial charge in [0, 0.05) is 25.2 Å². The highest BCUT2D eigenvalue weighted by atomic mass is 16.5. The van der Waals surface area contributed by atoms with Crippen molar-refractivity contribution in [2.24, 2.45) is 4.99 Å². The van der Waals surface area contributed by atoms with E-state index >= 15 is 0 Å². The summed E-state index contributed by atoms with van der Waals surface area (Å²) >= 11 is 0. The minimum Gasteiger partial charge on any atom is -0.493 e. The lowest BCUT2D eigenvalue weighted by molar-refractivity contribution is -0.117. The standard InChI is InChI=1S/C24H32N4O3/c1-4-25-24(26-16-18(2)31-22-9-6-5-8-21(22)30-3)27-17-19-11-13-20(14-12-19)28-15-7-10-23(28)29/h5-6,8-9,11-14,18H,4,7,10,15-17H2,1-3H3,(H2,25,26,27). The third kappa shape index (κ3) is 6.38. The molecule has 2 aromatic rings. The Balaban J connectivity index is 1.54. The van der Waals surface area contributed by atoms with Crippen molar-refractivity contribution >= 4 is 17.6 Å². The van der Waals surface area contributed by atoms with Crippen molar-refractivity contribution in [3.63, 3.8) is 0 Å². The highest BCUT2D eigenvalue weighted by molar-refractivity contribution is 5.95. The summed E-state index contributed by atoms with van der Waals surface area (Å²) in [6.45, 7) is 6.75. The number of para-hydroxylation sites is 2. The van der Waals surface area contributed by atoms with Crippen molar-refractivity contribution in [1.82, 2.24) is 10.6 Å². The van der Waals surface area contributed by atoms with Crippen LogP contribution in [0.4, 0.5) is 5.69 Å². The molecule has 0 aliphatic carbocycles. The summed E-state index contributed by atoms with van der Waals surface area (Å²) in [6.07, 6.45) is 1.50. The van der Waals surface area contributed by atoms with Gasteiger partial charge in [0.1, 0.15) is 6.10 Å². The van der Waals surface area contributed by atoms with Crippen LogP contribution in [0.15, 0.2) is 53.5 Å². The first kappa shape index (κ1) is 22.5. The number of nitrogens with one attached hydrogen (secondary N) is 2. The van der Waals surface area contributed by atoms with Crippen molar-refractivity contribution in [2.75, 3.05) is 31.6 Å². The van der Waals surface area contributed by atoms with Gasteiger partial charge in [-0.25, -0.2) is 4.99 Å². The summed E-state index contributed by atoms with van der Waals surface area (Å²) in [5, 5.41) is 6.59. The number of ether oxygens (including phenoxy) is 2. The molecule has 31 heavy (non-hydrogen) atoms. The number of methoxy groups -OCH3 is 1. The molecule has 0 aromatic heterocycles. The Morgan fingerprint density at radius 3 is 2.52 bits per heavy atom. The zero-order valence-electron chi connectivity index (χ0n) is 18.6. The third-order valence-corrected chi connectivity index (χ3v) is 5.04. The molecule has 1 unspecified atom stereocenters. The zero-order chi connectivity index (χ0) is 22.1. The van der Waals surface area contributed by atoms with E-state index in [1.165, 1.54) is 0 Å². The summed E-state index contributed by atoms with van der Waals surface area (Å²) in [4.78, 5) is 18.4. The number of anilines is 1. The van der Waals surface area contributed by atoms with E-state index < -0.39 is 0 Å². The second-order valence-electron chi connectivity index (χ2n) is 7.47. The Hall–Kier alpha value is -3.22. The lowest BCUT2D eigenvalue weighted by Crippen LogP contribution is -2.41. The second-order valence-corrected chi connectivity index (χ2v) is 7.47. The van der Waals surface area contributed by atoms with Crippen LogP contribution < -0.4 is 25.0 Å². The van der Waals surface area contributed by atoms with E-state index in [0.717, 1.165) is 42.5 Å². The molecule has 2 N–H and O–H groups in total. The molecule has 166 valence electrons. The largest absolute Gasteiger partial charge is 0.493 e. The molecule has 1 aliphatic heterocycles. The van der Waals surface area contributed by atoms with Gasteiger partial charge in [-0.15, -0.1) is 0 Å². The Kier molecular flexibility index (Phi) is 8.15. The smallest absolute Gasteiger partial charge is 0.227 e. The lowest BCUT2D eigenvalue weighted by Gasteiger charge is -2.19. The first-order valence-electron chi connectivity index (χ1n) is 10.8. The van der Waals surface area contributed by atoms with Gasteiger partial charge in [-0.05, 0) is 50.1 Å². The predicted molar refractivity (Wildman–Crippen MR) is 124 cm³/mol. The first-order chi connectivity index (χ1) is 15.1. The number of nitrogens with zero attached hydrogens (tertiary/aromatic N) is 2. The molecule has 1 fully saturated rings. The van der Waals surface area contributed by atoms with Gasteiger partial charge >= 0.3 is 0 Å². The molecule has 0 radical (unpaired) electrons. The summed E-state index contributed by atoms with van der Waals surface area (Å²) in [5.41, 5.74) is 2.05. The molecule has 1 atom stereocenters. The fraction of sp³-hybridized carbons (Fsp3) is 0.417. The Bertz CT molecular complexity index is 883. The number of rotatable bonds is 9.